The summed E-state index contributed by atoms with van der Waals surface area (Å²) in [5.74, 6) is 2.73. The third-order valence-corrected chi connectivity index (χ3v) is 5.17. The van der Waals surface area contributed by atoms with E-state index >= 15 is 0 Å². The van der Waals surface area contributed by atoms with Crippen LogP contribution in [0.1, 0.15) is 17.0 Å². The first kappa shape index (κ1) is 15.0. The van der Waals surface area contributed by atoms with Crippen LogP contribution in [-0.4, -0.2) is 11.1 Å². The second-order valence-corrected chi connectivity index (χ2v) is 6.52. The average Bonchev–Trinajstić information content (AvgIpc) is 2.46. The van der Waals surface area contributed by atoms with Crippen molar-refractivity contribution in [2.75, 3.05) is 11.1 Å². The molecule has 2 rings (SSSR count). The highest BCUT2D eigenvalue weighted by Crippen LogP contribution is 2.25. The second-order valence-electron chi connectivity index (χ2n) is 4.40. The van der Waals surface area contributed by atoms with Crippen molar-refractivity contribution in [3.63, 3.8) is 0 Å². The number of thioether (sulfide) groups is 1. The molecular weight excluding hydrogens is 340 g/mol. The zero-order chi connectivity index (χ0) is 13.5. The van der Waals surface area contributed by atoms with Gasteiger partial charge in [-0.25, -0.2) is 0 Å². The minimum atomic E-state index is 0.568. The van der Waals surface area contributed by atoms with Gasteiger partial charge in [-0.15, -0.1) is 0 Å². The van der Waals surface area contributed by atoms with Crippen molar-refractivity contribution in [3.8, 4) is 0 Å². The normalized spacial score (nSPS) is 12.3. The SMILES string of the molecule is Clc1ccc(CSCC(CBr)c2ccccc2)cc1. The molecule has 0 N–H and O–H groups in total. The topological polar surface area (TPSA) is 0 Å². The molecule has 0 aliphatic heterocycles. The molecule has 0 aliphatic rings. The van der Waals surface area contributed by atoms with Crippen LogP contribution in [0.15, 0.2) is 54.6 Å². The molecular formula is C16H16BrClS. The van der Waals surface area contributed by atoms with E-state index in [0.29, 0.717) is 5.92 Å². The van der Waals surface area contributed by atoms with Crippen molar-refractivity contribution in [2.45, 2.75) is 11.7 Å². The summed E-state index contributed by atoms with van der Waals surface area (Å²) in [5, 5.41) is 1.81. The highest BCUT2D eigenvalue weighted by Gasteiger charge is 2.09. The molecule has 0 aromatic heterocycles. The van der Waals surface area contributed by atoms with Crippen LogP contribution in [-0.2, 0) is 5.75 Å². The smallest absolute Gasteiger partial charge is 0.0406 e. The largest absolute Gasteiger partial charge is 0.157 e. The Morgan fingerprint density at radius 3 is 2.32 bits per heavy atom. The summed E-state index contributed by atoms with van der Waals surface area (Å²) >= 11 is 11.5. The van der Waals surface area contributed by atoms with Crippen LogP contribution < -0.4 is 0 Å². The molecule has 2 aromatic carbocycles. The predicted octanol–water partition coefficient (Wildman–Crippen LogP) is 5.75. The number of hydrogen-bond donors (Lipinski definition) is 0. The van der Waals surface area contributed by atoms with Crippen molar-refractivity contribution in [1.82, 2.24) is 0 Å². The molecule has 0 amide bonds. The van der Waals surface area contributed by atoms with Gasteiger partial charge in [0.15, 0.2) is 0 Å². The Morgan fingerprint density at radius 2 is 1.68 bits per heavy atom. The van der Waals surface area contributed by atoms with Gasteiger partial charge in [0.1, 0.15) is 0 Å². The quantitative estimate of drug-likeness (QED) is 0.594. The summed E-state index contributed by atoms with van der Waals surface area (Å²) in [6.07, 6.45) is 0. The Bertz CT molecular complexity index is 484. The van der Waals surface area contributed by atoms with E-state index in [1.54, 1.807) is 0 Å². The Hall–Kier alpha value is -0.440. The van der Waals surface area contributed by atoms with Crippen LogP contribution in [0.5, 0.6) is 0 Å². The maximum absolute atomic E-state index is 5.89. The third kappa shape index (κ3) is 4.87. The van der Waals surface area contributed by atoms with Crippen molar-refractivity contribution in [3.05, 3.63) is 70.7 Å². The van der Waals surface area contributed by atoms with Gasteiger partial charge < -0.3 is 0 Å². The summed E-state index contributed by atoms with van der Waals surface area (Å²) in [4.78, 5) is 0. The monoisotopic (exact) mass is 354 g/mol. The van der Waals surface area contributed by atoms with E-state index in [1.807, 2.05) is 23.9 Å². The fourth-order valence-electron chi connectivity index (χ4n) is 1.85. The van der Waals surface area contributed by atoms with E-state index in [2.05, 4.69) is 58.4 Å². The zero-order valence-corrected chi connectivity index (χ0v) is 13.7. The number of halogens is 2. The lowest BCUT2D eigenvalue weighted by Crippen LogP contribution is -2.03. The van der Waals surface area contributed by atoms with E-state index in [9.17, 15) is 0 Å². The minimum Gasteiger partial charge on any atom is -0.157 e. The van der Waals surface area contributed by atoms with Gasteiger partial charge in [-0.3, -0.25) is 0 Å². The molecule has 19 heavy (non-hydrogen) atoms. The van der Waals surface area contributed by atoms with Crippen LogP contribution in [0, 0.1) is 0 Å². The van der Waals surface area contributed by atoms with Crippen LogP contribution in [0.2, 0.25) is 5.02 Å². The summed E-state index contributed by atoms with van der Waals surface area (Å²) < 4.78 is 0. The minimum absolute atomic E-state index is 0.568. The molecule has 0 saturated carbocycles. The van der Waals surface area contributed by atoms with Crippen LogP contribution in [0.25, 0.3) is 0 Å². The summed E-state index contributed by atoms with van der Waals surface area (Å²) in [6.45, 7) is 0. The van der Waals surface area contributed by atoms with E-state index in [0.717, 1.165) is 21.9 Å². The first-order chi connectivity index (χ1) is 9.29. The molecule has 3 heteroatoms. The lowest BCUT2D eigenvalue weighted by molar-refractivity contribution is 0.902. The molecule has 0 fully saturated rings. The lowest BCUT2D eigenvalue weighted by Gasteiger charge is -2.14. The molecule has 100 valence electrons. The van der Waals surface area contributed by atoms with Crippen molar-refractivity contribution >= 4 is 39.3 Å². The molecule has 0 aliphatic carbocycles. The maximum Gasteiger partial charge on any atom is 0.0406 e. The maximum atomic E-state index is 5.89. The Morgan fingerprint density at radius 1 is 1.00 bits per heavy atom. The Labute approximate surface area is 132 Å². The first-order valence-corrected chi connectivity index (χ1v) is 8.88. The van der Waals surface area contributed by atoms with E-state index in [4.69, 9.17) is 11.6 Å². The van der Waals surface area contributed by atoms with Crippen molar-refractivity contribution in [1.29, 1.82) is 0 Å². The summed E-state index contributed by atoms with van der Waals surface area (Å²) in [7, 11) is 0. The van der Waals surface area contributed by atoms with Crippen LogP contribution in [0.4, 0.5) is 0 Å². The molecule has 0 bridgehead atoms. The van der Waals surface area contributed by atoms with Gasteiger partial charge >= 0.3 is 0 Å². The van der Waals surface area contributed by atoms with Crippen LogP contribution in [0.3, 0.4) is 0 Å². The fraction of sp³-hybridized carbons (Fsp3) is 0.250. The fourth-order valence-corrected chi connectivity index (χ4v) is 4.03. The number of rotatable bonds is 6. The molecule has 0 heterocycles. The van der Waals surface area contributed by atoms with E-state index in [-0.39, 0.29) is 0 Å². The summed E-state index contributed by atoms with van der Waals surface area (Å²) in [5.41, 5.74) is 2.73. The Kier molecular flexibility index (Phi) is 6.29. The number of benzene rings is 2. The number of alkyl halides is 1. The molecule has 0 saturated heterocycles. The summed E-state index contributed by atoms with van der Waals surface area (Å²) in [6, 6.07) is 18.8. The molecule has 0 radical (unpaired) electrons. The lowest BCUT2D eigenvalue weighted by atomic mass is 10.0. The van der Waals surface area contributed by atoms with Gasteiger partial charge in [0.2, 0.25) is 0 Å². The van der Waals surface area contributed by atoms with E-state index < -0.39 is 0 Å². The standard InChI is InChI=1S/C16H16BrClS/c17-10-15(14-4-2-1-3-5-14)12-19-11-13-6-8-16(18)9-7-13/h1-9,15H,10-12H2. The molecule has 0 nitrogen and oxygen atoms in total. The molecule has 2 aromatic rings. The highest BCUT2D eigenvalue weighted by molar-refractivity contribution is 9.09. The average molecular weight is 356 g/mol. The number of hydrogen-bond acceptors (Lipinski definition) is 1. The molecule has 1 atom stereocenters. The van der Waals surface area contributed by atoms with Gasteiger partial charge in [0.05, 0.1) is 0 Å². The Balaban J connectivity index is 1.85. The van der Waals surface area contributed by atoms with Crippen molar-refractivity contribution in [2.24, 2.45) is 0 Å². The van der Waals surface area contributed by atoms with Gasteiger partial charge in [0.25, 0.3) is 0 Å². The van der Waals surface area contributed by atoms with Gasteiger partial charge in [-0.1, -0.05) is 70.0 Å². The molecule has 1 unspecified atom stereocenters. The van der Waals surface area contributed by atoms with Gasteiger partial charge in [-0.05, 0) is 23.3 Å². The van der Waals surface area contributed by atoms with Gasteiger partial charge in [-0.2, -0.15) is 11.8 Å². The highest BCUT2D eigenvalue weighted by atomic mass is 79.9. The first-order valence-electron chi connectivity index (χ1n) is 6.22. The van der Waals surface area contributed by atoms with Crippen molar-refractivity contribution < 1.29 is 0 Å². The third-order valence-electron chi connectivity index (χ3n) is 2.96. The van der Waals surface area contributed by atoms with Crippen LogP contribution >= 0.6 is 39.3 Å². The second kappa shape index (κ2) is 7.98. The zero-order valence-electron chi connectivity index (χ0n) is 10.6. The predicted molar refractivity (Wildman–Crippen MR) is 90.6 cm³/mol. The molecule has 0 spiro atoms. The van der Waals surface area contributed by atoms with Gasteiger partial charge in [0, 0.05) is 27.8 Å². The van der Waals surface area contributed by atoms with E-state index in [1.165, 1.54) is 11.1 Å².